The van der Waals surface area contributed by atoms with Gasteiger partial charge in [-0.15, -0.1) is 0 Å². The van der Waals surface area contributed by atoms with Gasteiger partial charge >= 0.3 is 0 Å². The highest BCUT2D eigenvalue weighted by Crippen LogP contribution is 2.33. The Hall–Kier alpha value is -3.94. The zero-order chi connectivity index (χ0) is 21.1. The molecule has 0 fully saturated rings. The normalized spacial score (nSPS) is 10.8. The number of nitrogens with zero attached hydrogens (tertiary/aromatic N) is 4. The molecule has 3 aromatic heterocycles. The molecule has 0 saturated heterocycles. The molecule has 30 heavy (non-hydrogen) atoms. The van der Waals surface area contributed by atoms with Crippen molar-refractivity contribution in [3.63, 3.8) is 0 Å². The van der Waals surface area contributed by atoms with Crippen molar-refractivity contribution in [2.75, 3.05) is 19.5 Å². The molecule has 8 heteroatoms. The molecule has 0 aliphatic rings. The monoisotopic (exact) mass is 403 g/mol. The molecule has 152 valence electrons. The van der Waals surface area contributed by atoms with E-state index >= 15 is 0 Å². The number of nitrogens with one attached hydrogen (secondary N) is 1. The van der Waals surface area contributed by atoms with E-state index in [0.717, 1.165) is 11.3 Å². The van der Waals surface area contributed by atoms with Crippen LogP contribution in [0.5, 0.6) is 11.5 Å². The van der Waals surface area contributed by atoms with Crippen LogP contribution in [0.3, 0.4) is 0 Å². The molecule has 1 N–H and O–H groups in total. The Bertz CT molecular complexity index is 1260. The van der Waals surface area contributed by atoms with E-state index in [1.54, 1.807) is 33.5 Å². The summed E-state index contributed by atoms with van der Waals surface area (Å²) in [5.74, 6) is 1.68. The highest BCUT2D eigenvalue weighted by atomic mass is 16.5. The number of anilines is 1. The molecule has 0 spiro atoms. The number of aryl methyl sites for hydroxylation is 1. The number of aromatic nitrogens is 4. The molecule has 1 aromatic carbocycles. The van der Waals surface area contributed by atoms with Crippen LogP contribution in [-0.2, 0) is 13.6 Å². The van der Waals surface area contributed by atoms with Crippen molar-refractivity contribution in [2.45, 2.75) is 6.54 Å². The van der Waals surface area contributed by atoms with Gasteiger partial charge in [-0.2, -0.15) is 0 Å². The first-order valence-electron chi connectivity index (χ1n) is 9.33. The molecule has 0 aliphatic heterocycles. The zero-order valence-corrected chi connectivity index (χ0v) is 16.9. The first kappa shape index (κ1) is 19.4. The molecule has 0 aliphatic carbocycles. The zero-order valence-electron chi connectivity index (χ0n) is 16.9. The summed E-state index contributed by atoms with van der Waals surface area (Å²) < 4.78 is 12.2. The topological polar surface area (TPSA) is 91.2 Å². The van der Waals surface area contributed by atoms with Crippen LogP contribution in [0.2, 0.25) is 0 Å². The molecule has 0 radical (unpaired) electrons. The van der Waals surface area contributed by atoms with E-state index < -0.39 is 0 Å². The van der Waals surface area contributed by atoms with E-state index in [1.807, 2.05) is 36.4 Å². The minimum atomic E-state index is -0.171. The number of benzene rings is 1. The number of fused-ring (bicyclic) bond motifs is 1. The fourth-order valence-electron chi connectivity index (χ4n) is 3.17. The summed E-state index contributed by atoms with van der Waals surface area (Å²) in [7, 11) is 4.84. The Morgan fingerprint density at radius 2 is 1.87 bits per heavy atom. The van der Waals surface area contributed by atoms with Crippen LogP contribution >= 0.6 is 0 Å². The lowest BCUT2D eigenvalue weighted by atomic mass is 10.1. The van der Waals surface area contributed by atoms with E-state index in [1.165, 1.54) is 10.9 Å². The number of hydrogen-bond donors (Lipinski definition) is 1. The Morgan fingerprint density at radius 1 is 1.03 bits per heavy atom. The highest BCUT2D eigenvalue weighted by Gasteiger charge is 2.15. The van der Waals surface area contributed by atoms with Crippen molar-refractivity contribution >= 4 is 16.7 Å². The summed E-state index contributed by atoms with van der Waals surface area (Å²) in [5, 5.41) is 3.68. The second-order valence-corrected chi connectivity index (χ2v) is 6.66. The van der Waals surface area contributed by atoms with Crippen LogP contribution < -0.4 is 20.3 Å². The van der Waals surface area contributed by atoms with E-state index in [0.29, 0.717) is 40.5 Å². The first-order valence-corrected chi connectivity index (χ1v) is 9.33. The van der Waals surface area contributed by atoms with Gasteiger partial charge < -0.3 is 19.4 Å². The lowest BCUT2D eigenvalue weighted by Gasteiger charge is -2.13. The molecule has 0 saturated carbocycles. The second kappa shape index (κ2) is 8.20. The summed E-state index contributed by atoms with van der Waals surface area (Å²) >= 11 is 0. The molecule has 0 bridgehead atoms. The maximum atomic E-state index is 12.8. The maximum absolute atomic E-state index is 12.8. The van der Waals surface area contributed by atoms with Crippen molar-refractivity contribution in [3.05, 3.63) is 71.0 Å². The minimum absolute atomic E-state index is 0.171. The van der Waals surface area contributed by atoms with Crippen LogP contribution in [0.1, 0.15) is 5.69 Å². The molecule has 8 nitrogen and oxygen atoms in total. The van der Waals surface area contributed by atoms with Gasteiger partial charge in [0.2, 0.25) is 0 Å². The highest BCUT2D eigenvalue weighted by molar-refractivity contribution is 5.91. The largest absolute Gasteiger partial charge is 0.493 e. The third kappa shape index (κ3) is 3.67. The summed E-state index contributed by atoms with van der Waals surface area (Å²) in [6.07, 6.45) is 3.23. The van der Waals surface area contributed by atoms with Crippen LogP contribution in [-0.4, -0.2) is 33.7 Å². The van der Waals surface area contributed by atoms with Crippen LogP contribution in [0, 0.1) is 0 Å². The van der Waals surface area contributed by atoms with Gasteiger partial charge in [0.25, 0.3) is 5.56 Å². The molecule has 0 atom stereocenters. The average Bonchev–Trinajstić information content (AvgIpc) is 2.79. The molecule has 4 aromatic rings. The summed E-state index contributed by atoms with van der Waals surface area (Å²) in [6.45, 7) is 0.427. The van der Waals surface area contributed by atoms with Crippen molar-refractivity contribution in [2.24, 2.45) is 7.05 Å². The van der Waals surface area contributed by atoms with Crippen LogP contribution in [0.15, 0.2) is 59.8 Å². The quantitative estimate of drug-likeness (QED) is 0.529. The molecular formula is C22H21N5O3. The minimum Gasteiger partial charge on any atom is -0.493 e. The van der Waals surface area contributed by atoms with Crippen molar-refractivity contribution in [1.82, 2.24) is 19.5 Å². The number of ether oxygens (including phenoxy) is 2. The smallest absolute Gasteiger partial charge is 0.264 e. The Balaban J connectivity index is 1.84. The number of hydrogen-bond acceptors (Lipinski definition) is 7. The van der Waals surface area contributed by atoms with Gasteiger partial charge in [0.1, 0.15) is 11.2 Å². The maximum Gasteiger partial charge on any atom is 0.264 e. The molecular weight excluding hydrogens is 382 g/mol. The molecule has 4 rings (SSSR count). The Labute approximate surface area is 173 Å². The third-order valence-electron chi connectivity index (χ3n) is 4.75. The van der Waals surface area contributed by atoms with Gasteiger partial charge in [-0.05, 0) is 36.4 Å². The Kier molecular flexibility index (Phi) is 5.30. The van der Waals surface area contributed by atoms with Crippen molar-refractivity contribution in [1.29, 1.82) is 0 Å². The van der Waals surface area contributed by atoms with Gasteiger partial charge in [-0.3, -0.25) is 9.78 Å². The fourth-order valence-corrected chi connectivity index (χ4v) is 3.17. The Morgan fingerprint density at radius 3 is 2.60 bits per heavy atom. The van der Waals surface area contributed by atoms with E-state index in [9.17, 15) is 4.79 Å². The standard InChI is InChI=1S/C22H21N5O3/c1-27-13-25-17-11-16(14-7-8-18(29-2)19(10-14)30-3)26-21(20(17)22(27)28)24-12-15-6-4-5-9-23-15/h4-11,13H,12H2,1-3H3,(H,24,26). The fraction of sp³-hybridized carbons (Fsp3) is 0.182. The third-order valence-corrected chi connectivity index (χ3v) is 4.75. The number of methoxy groups -OCH3 is 2. The van der Waals surface area contributed by atoms with Crippen LogP contribution in [0.25, 0.3) is 22.2 Å². The van der Waals surface area contributed by atoms with Gasteiger partial charge in [0.05, 0.1) is 44.0 Å². The second-order valence-electron chi connectivity index (χ2n) is 6.66. The van der Waals surface area contributed by atoms with Gasteiger partial charge in [-0.25, -0.2) is 9.97 Å². The molecule has 3 heterocycles. The van der Waals surface area contributed by atoms with Crippen molar-refractivity contribution < 1.29 is 9.47 Å². The summed E-state index contributed by atoms with van der Waals surface area (Å²) in [4.78, 5) is 26.3. The lowest BCUT2D eigenvalue weighted by Crippen LogP contribution is -2.19. The van der Waals surface area contributed by atoms with E-state index in [-0.39, 0.29) is 5.56 Å². The van der Waals surface area contributed by atoms with Gasteiger partial charge in [-0.1, -0.05) is 6.07 Å². The first-order chi connectivity index (χ1) is 14.6. The van der Waals surface area contributed by atoms with Gasteiger partial charge in [0, 0.05) is 18.8 Å². The number of pyridine rings is 2. The molecule has 0 amide bonds. The van der Waals surface area contributed by atoms with Crippen LogP contribution in [0.4, 0.5) is 5.82 Å². The number of rotatable bonds is 6. The summed E-state index contributed by atoms with van der Waals surface area (Å²) in [6, 6.07) is 13.0. The average molecular weight is 403 g/mol. The van der Waals surface area contributed by atoms with E-state index in [2.05, 4.69) is 15.3 Å². The predicted octanol–water partition coefficient (Wildman–Crippen LogP) is 3.02. The van der Waals surface area contributed by atoms with Gasteiger partial charge in [0.15, 0.2) is 11.5 Å². The van der Waals surface area contributed by atoms with Crippen molar-refractivity contribution in [3.8, 4) is 22.8 Å². The summed E-state index contributed by atoms with van der Waals surface area (Å²) in [5.41, 5.74) is 2.70. The predicted molar refractivity (Wildman–Crippen MR) is 115 cm³/mol. The lowest BCUT2D eigenvalue weighted by molar-refractivity contribution is 0.355. The molecule has 0 unspecified atom stereocenters. The van der Waals surface area contributed by atoms with E-state index in [4.69, 9.17) is 14.5 Å². The SMILES string of the molecule is COc1ccc(-c2cc3ncn(C)c(=O)c3c(NCc3ccccn3)n2)cc1OC.